The fourth-order valence-electron chi connectivity index (χ4n) is 1.99. The first-order valence-electron chi connectivity index (χ1n) is 7.08. The number of hydrogen-bond donors (Lipinski definition) is 1. The second kappa shape index (κ2) is 8.01. The zero-order valence-corrected chi connectivity index (χ0v) is 14.2. The summed E-state index contributed by atoms with van der Waals surface area (Å²) in [6, 6.07) is 15.5. The van der Waals surface area contributed by atoms with Crippen LogP contribution in [0.2, 0.25) is 5.02 Å². The normalized spacial score (nSPS) is 10.1. The summed E-state index contributed by atoms with van der Waals surface area (Å²) in [6.07, 6.45) is 0. The molecule has 3 nitrogen and oxygen atoms in total. The van der Waals surface area contributed by atoms with Crippen LogP contribution in [0.1, 0.15) is 12.5 Å². The first-order chi connectivity index (χ1) is 10.6. The molecule has 0 amide bonds. The van der Waals surface area contributed by atoms with E-state index in [1.54, 1.807) is 0 Å². The molecule has 22 heavy (non-hydrogen) atoms. The van der Waals surface area contributed by atoms with E-state index >= 15 is 0 Å². The van der Waals surface area contributed by atoms with Gasteiger partial charge in [-0.15, -0.1) is 0 Å². The molecule has 2 rings (SSSR count). The smallest absolute Gasteiger partial charge is 0.173 e. The number of thiocarbonyl (C=S) groups is 1. The predicted molar refractivity (Wildman–Crippen MR) is 96.8 cm³/mol. The molecule has 0 atom stereocenters. The standard InChI is InChI=1S/C17H19ClN2OS/c1-3-21-16-9-7-13(8-10-16)12-20(2)17(22)19-15-6-4-5-14(18)11-15/h4-11H,3,12H2,1-2H3,(H,19,22). The molecule has 0 spiro atoms. The second-order valence-electron chi connectivity index (χ2n) is 4.87. The third-order valence-corrected chi connectivity index (χ3v) is 3.73. The van der Waals surface area contributed by atoms with Crippen molar-refractivity contribution in [2.75, 3.05) is 19.0 Å². The van der Waals surface area contributed by atoms with Crippen molar-refractivity contribution in [1.82, 2.24) is 4.90 Å². The number of halogens is 1. The summed E-state index contributed by atoms with van der Waals surface area (Å²) in [5.74, 6) is 0.883. The third-order valence-electron chi connectivity index (χ3n) is 3.08. The minimum Gasteiger partial charge on any atom is -0.494 e. The molecule has 5 heteroatoms. The molecule has 0 aliphatic carbocycles. The molecule has 0 unspecified atom stereocenters. The average Bonchev–Trinajstić information content (AvgIpc) is 2.49. The van der Waals surface area contributed by atoms with Gasteiger partial charge >= 0.3 is 0 Å². The van der Waals surface area contributed by atoms with Crippen molar-refractivity contribution in [3.8, 4) is 5.75 Å². The Morgan fingerprint density at radius 1 is 1.23 bits per heavy atom. The van der Waals surface area contributed by atoms with Gasteiger partial charge in [-0.25, -0.2) is 0 Å². The van der Waals surface area contributed by atoms with Gasteiger partial charge in [0.05, 0.1) is 6.61 Å². The largest absolute Gasteiger partial charge is 0.494 e. The Kier molecular flexibility index (Phi) is 6.04. The highest BCUT2D eigenvalue weighted by molar-refractivity contribution is 7.80. The Morgan fingerprint density at radius 3 is 2.59 bits per heavy atom. The molecule has 1 N–H and O–H groups in total. The number of rotatable bonds is 5. The molecule has 0 radical (unpaired) electrons. The van der Waals surface area contributed by atoms with Crippen LogP contribution >= 0.6 is 23.8 Å². The van der Waals surface area contributed by atoms with Gasteiger partial charge in [-0.3, -0.25) is 0 Å². The lowest BCUT2D eigenvalue weighted by atomic mass is 10.2. The van der Waals surface area contributed by atoms with Gasteiger partial charge in [0.2, 0.25) is 0 Å². The van der Waals surface area contributed by atoms with Crippen LogP contribution in [0, 0.1) is 0 Å². The summed E-state index contributed by atoms with van der Waals surface area (Å²) in [5.41, 5.74) is 2.05. The Morgan fingerprint density at radius 2 is 1.95 bits per heavy atom. The first kappa shape index (κ1) is 16.6. The number of anilines is 1. The molecule has 0 aliphatic rings. The van der Waals surface area contributed by atoms with Crippen molar-refractivity contribution in [2.24, 2.45) is 0 Å². The van der Waals surface area contributed by atoms with Crippen LogP contribution in [0.5, 0.6) is 5.75 Å². The predicted octanol–water partition coefficient (Wildman–Crippen LogP) is 4.57. The Hall–Kier alpha value is -1.78. The van der Waals surface area contributed by atoms with Gasteiger partial charge in [-0.1, -0.05) is 29.8 Å². The van der Waals surface area contributed by atoms with Crippen LogP contribution in [0.15, 0.2) is 48.5 Å². The zero-order chi connectivity index (χ0) is 15.9. The molecule has 2 aromatic carbocycles. The highest BCUT2D eigenvalue weighted by atomic mass is 35.5. The van der Waals surface area contributed by atoms with E-state index in [1.807, 2.05) is 67.4 Å². The zero-order valence-electron chi connectivity index (χ0n) is 12.7. The summed E-state index contributed by atoms with van der Waals surface area (Å²) < 4.78 is 5.44. The van der Waals surface area contributed by atoms with Crippen molar-refractivity contribution >= 4 is 34.6 Å². The maximum atomic E-state index is 5.97. The lowest BCUT2D eigenvalue weighted by molar-refractivity contribution is 0.340. The van der Waals surface area contributed by atoms with Gasteiger partial charge in [0, 0.05) is 24.3 Å². The summed E-state index contributed by atoms with van der Waals surface area (Å²) in [5, 5.41) is 4.51. The third kappa shape index (κ3) is 4.90. The Labute approximate surface area is 141 Å². The Bertz CT molecular complexity index is 631. The number of nitrogens with zero attached hydrogens (tertiary/aromatic N) is 1. The second-order valence-corrected chi connectivity index (χ2v) is 5.70. The van der Waals surface area contributed by atoms with Crippen molar-refractivity contribution in [2.45, 2.75) is 13.5 Å². The molecule has 2 aromatic rings. The van der Waals surface area contributed by atoms with Gasteiger partial charge in [-0.2, -0.15) is 0 Å². The van der Waals surface area contributed by atoms with Gasteiger partial charge in [0.15, 0.2) is 5.11 Å². The summed E-state index contributed by atoms with van der Waals surface area (Å²) in [6.45, 7) is 3.37. The first-order valence-corrected chi connectivity index (χ1v) is 7.86. The monoisotopic (exact) mass is 334 g/mol. The molecule has 0 saturated heterocycles. The topological polar surface area (TPSA) is 24.5 Å². The molecule has 116 valence electrons. The van der Waals surface area contributed by atoms with Gasteiger partial charge in [0.1, 0.15) is 5.75 Å². The number of nitrogens with one attached hydrogen (secondary N) is 1. The molecule has 0 bridgehead atoms. The van der Waals surface area contributed by atoms with E-state index in [2.05, 4.69) is 5.32 Å². The molecule has 0 saturated carbocycles. The average molecular weight is 335 g/mol. The highest BCUT2D eigenvalue weighted by Gasteiger charge is 2.06. The lowest BCUT2D eigenvalue weighted by Gasteiger charge is -2.21. The highest BCUT2D eigenvalue weighted by Crippen LogP contribution is 2.16. The molecule has 0 aliphatic heterocycles. The molecule has 0 fully saturated rings. The van der Waals surface area contributed by atoms with Crippen molar-refractivity contribution < 1.29 is 4.74 Å². The van der Waals surface area contributed by atoms with Crippen LogP contribution in [-0.4, -0.2) is 23.7 Å². The Balaban J connectivity index is 1.93. The lowest BCUT2D eigenvalue weighted by Crippen LogP contribution is -2.30. The molecular weight excluding hydrogens is 316 g/mol. The maximum absolute atomic E-state index is 5.97. The van der Waals surface area contributed by atoms with Crippen LogP contribution in [0.4, 0.5) is 5.69 Å². The summed E-state index contributed by atoms with van der Waals surface area (Å²) in [4.78, 5) is 1.98. The quantitative estimate of drug-likeness (QED) is 0.810. The van der Waals surface area contributed by atoms with Gasteiger partial charge in [0.25, 0.3) is 0 Å². The van der Waals surface area contributed by atoms with Crippen molar-refractivity contribution in [3.63, 3.8) is 0 Å². The summed E-state index contributed by atoms with van der Waals surface area (Å²) in [7, 11) is 1.95. The van der Waals surface area contributed by atoms with Crippen molar-refractivity contribution in [1.29, 1.82) is 0 Å². The van der Waals surface area contributed by atoms with Crippen LogP contribution in [0.3, 0.4) is 0 Å². The number of ether oxygens (including phenoxy) is 1. The van der Waals surface area contributed by atoms with Crippen LogP contribution < -0.4 is 10.1 Å². The van der Waals surface area contributed by atoms with Crippen LogP contribution in [0.25, 0.3) is 0 Å². The van der Waals surface area contributed by atoms with E-state index in [4.69, 9.17) is 28.6 Å². The van der Waals surface area contributed by atoms with Gasteiger partial charge in [-0.05, 0) is 55.0 Å². The van der Waals surface area contributed by atoms with E-state index < -0.39 is 0 Å². The number of benzene rings is 2. The minimum atomic E-state index is 0.649. The summed E-state index contributed by atoms with van der Waals surface area (Å²) >= 11 is 11.4. The van der Waals surface area contributed by atoms with E-state index in [9.17, 15) is 0 Å². The van der Waals surface area contributed by atoms with E-state index in [0.717, 1.165) is 18.0 Å². The van der Waals surface area contributed by atoms with Crippen LogP contribution in [-0.2, 0) is 6.54 Å². The maximum Gasteiger partial charge on any atom is 0.173 e. The van der Waals surface area contributed by atoms with E-state index in [-0.39, 0.29) is 0 Å². The SMILES string of the molecule is CCOc1ccc(CN(C)C(=S)Nc2cccc(Cl)c2)cc1. The van der Waals surface area contributed by atoms with Crippen molar-refractivity contribution in [3.05, 3.63) is 59.1 Å². The van der Waals surface area contributed by atoms with E-state index in [0.29, 0.717) is 16.7 Å². The molecular formula is C17H19ClN2OS. The fourth-order valence-corrected chi connectivity index (χ4v) is 2.36. The fraction of sp³-hybridized carbons (Fsp3) is 0.235. The number of hydrogen-bond acceptors (Lipinski definition) is 2. The van der Waals surface area contributed by atoms with E-state index in [1.165, 1.54) is 5.56 Å². The molecule has 0 aromatic heterocycles. The minimum absolute atomic E-state index is 0.649. The van der Waals surface area contributed by atoms with Gasteiger partial charge < -0.3 is 15.0 Å². The molecule has 0 heterocycles.